The Labute approximate surface area is 117 Å². The van der Waals surface area contributed by atoms with E-state index in [4.69, 9.17) is 16.4 Å². The molecule has 1 aromatic rings. The van der Waals surface area contributed by atoms with E-state index in [1.165, 1.54) is 31.4 Å². The van der Waals surface area contributed by atoms with E-state index in [-0.39, 0.29) is 16.9 Å². The highest BCUT2D eigenvalue weighted by molar-refractivity contribution is 6.08. The van der Waals surface area contributed by atoms with Gasteiger partial charge in [-0.2, -0.15) is 0 Å². The maximum atomic E-state index is 14.2. The van der Waals surface area contributed by atoms with Crippen LogP contribution in [0.5, 0.6) is 0 Å². The number of allylic oxidation sites excluding steroid dienone is 1. The molecule has 0 atom stereocenters. The molecule has 108 valence electrons. The van der Waals surface area contributed by atoms with Crippen molar-refractivity contribution >= 4 is 23.2 Å². The van der Waals surface area contributed by atoms with Crippen LogP contribution in [0.3, 0.4) is 0 Å². The molecule has 0 amide bonds. The van der Waals surface area contributed by atoms with E-state index in [9.17, 15) is 4.39 Å². The van der Waals surface area contributed by atoms with Crippen LogP contribution in [0.15, 0.2) is 18.3 Å². The van der Waals surface area contributed by atoms with Crippen molar-refractivity contribution in [3.8, 4) is 0 Å². The highest BCUT2D eigenvalue weighted by atomic mass is 19.1. The number of rotatable bonds is 6. The average Bonchev–Trinajstić information content (AvgIpc) is 2.39. The van der Waals surface area contributed by atoms with Crippen LogP contribution in [-0.2, 0) is 0 Å². The minimum atomic E-state index is -0.673. The molecule has 0 bridgehead atoms. The van der Waals surface area contributed by atoms with Gasteiger partial charge in [0.25, 0.3) is 0 Å². The Kier molecular flexibility index (Phi) is 4.57. The van der Waals surface area contributed by atoms with E-state index in [0.29, 0.717) is 11.5 Å². The molecule has 5 nitrogen and oxygen atoms in total. The minimum absolute atomic E-state index is 0.112. The largest absolute Gasteiger partial charge is 0.397 e. The number of nitrogen functional groups attached to an aromatic ring is 1. The molecule has 0 heterocycles. The summed E-state index contributed by atoms with van der Waals surface area (Å²) < 4.78 is 14.2. The van der Waals surface area contributed by atoms with Crippen LogP contribution in [0.25, 0.3) is 5.57 Å². The fourth-order valence-electron chi connectivity index (χ4n) is 2.16. The molecule has 0 unspecified atom stereocenters. The zero-order chi connectivity index (χ0) is 14.5. The lowest BCUT2D eigenvalue weighted by Crippen LogP contribution is -2.24. The smallest absolute Gasteiger partial charge is 0.158 e. The molecule has 1 saturated carbocycles. The molecule has 20 heavy (non-hydrogen) atoms. The second-order valence-electron chi connectivity index (χ2n) is 4.95. The van der Waals surface area contributed by atoms with Crippen molar-refractivity contribution in [2.75, 3.05) is 17.8 Å². The zero-order valence-electron chi connectivity index (χ0n) is 11.1. The van der Waals surface area contributed by atoms with Gasteiger partial charge in [-0.05, 0) is 30.9 Å². The van der Waals surface area contributed by atoms with Gasteiger partial charge in [-0.3, -0.25) is 10.7 Å². The first-order valence-corrected chi connectivity index (χ1v) is 6.59. The molecule has 0 spiro atoms. The lowest BCUT2D eigenvalue weighted by Gasteiger charge is -2.25. The molecule has 6 heteroatoms. The Morgan fingerprint density at radius 2 is 2.25 bits per heavy atom. The standard InChI is InChI=1S/C14H19FN4O/c15-13-11(4-5-12(17)14(13)19-20)10(6-16)8-18-7-9-2-1-3-9/h4-6,8-9,16,18-20H,1-3,7,17H2/b10-8+,16-6?. The van der Waals surface area contributed by atoms with Crippen molar-refractivity contribution in [1.82, 2.24) is 5.32 Å². The molecule has 1 aliphatic rings. The molecule has 1 aromatic carbocycles. The molecule has 2 rings (SSSR count). The van der Waals surface area contributed by atoms with Gasteiger partial charge in [-0.25, -0.2) is 4.39 Å². The molecule has 0 radical (unpaired) electrons. The molecule has 0 aromatic heterocycles. The fourth-order valence-corrected chi connectivity index (χ4v) is 2.16. The third-order valence-electron chi connectivity index (χ3n) is 3.64. The predicted molar refractivity (Wildman–Crippen MR) is 78.3 cm³/mol. The maximum Gasteiger partial charge on any atom is 0.158 e. The van der Waals surface area contributed by atoms with Crippen molar-refractivity contribution in [2.24, 2.45) is 5.92 Å². The normalized spacial score (nSPS) is 15.6. The van der Waals surface area contributed by atoms with Gasteiger partial charge in [0.05, 0.1) is 5.69 Å². The summed E-state index contributed by atoms with van der Waals surface area (Å²) in [6.07, 6.45) is 6.40. The molecular formula is C14H19FN4O. The van der Waals surface area contributed by atoms with Gasteiger partial charge in [-0.15, -0.1) is 0 Å². The molecule has 6 N–H and O–H groups in total. The molecule has 1 fully saturated rings. The predicted octanol–water partition coefficient (Wildman–Crippen LogP) is 2.59. The van der Waals surface area contributed by atoms with E-state index in [0.717, 1.165) is 12.8 Å². The Balaban J connectivity index is 2.17. The van der Waals surface area contributed by atoms with E-state index in [2.05, 4.69) is 5.32 Å². The van der Waals surface area contributed by atoms with Gasteiger partial charge >= 0.3 is 0 Å². The second kappa shape index (κ2) is 6.38. The number of halogens is 1. The summed E-state index contributed by atoms with van der Waals surface area (Å²) in [5.41, 5.74) is 7.86. The molecule has 0 saturated heterocycles. The van der Waals surface area contributed by atoms with Crippen molar-refractivity contribution < 1.29 is 9.60 Å². The summed E-state index contributed by atoms with van der Waals surface area (Å²) in [5.74, 6) is -0.00291. The summed E-state index contributed by atoms with van der Waals surface area (Å²) in [7, 11) is 0. The first-order chi connectivity index (χ1) is 9.67. The lowest BCUT2D eigenvalue weighted by molar-refractivity contribution is 0.312. The van der Waals surface area contributed by atoms with Crippen LogP contribution >= 0.6 is 0 Å². The van der Waals surface area contributed by atoms with Crippen LogP contribution in [-0.4, -0.2) is 18.0 Å². The molecule has 0 aliphatic heterocycles. The average molecular weight is 278 g/mol. The molecule has 1 aliphatic carbocycles. The summed E-state index contributed by atoms with van der Waals surface area (Å²) in [5, 5.41) is 19.4. The van der Waals surface area contributed by atoms with Crippen molar-refractivity contribution in [2.45, 2.75) is 19.3 Å². The topological polar surface area (TPSA) is 94.2 Å². The number of anilines is 2. The zero-order valence-corrected chi connectivity index (χ0v) is 11.1. The number of benzene rings is 1. The molecular weight excluding hydrogens is 259 g/mol. The number of hydrogen-bond donors (Lipinski definition) is 5. The maximum absolute atomic E-state index is 14.2. The van der Waals surface area contributed by atoms with Gasteiger partial charge in [-0.1, -0.05) is 6.42 Å². The summed E-state index contributed by atoms with van der Waals surface area (Å²) >= 11 is 0. The van der Waals surface area contributed by atoms with Crippen LogP contribution in [0.2, 0.25) is 0 Å². The summed E-state index contributed by atoms with van der Waals surface area (Å²) in [6, 6.07) is 2.98. The number of nitrogens with two attached hydrogens (primary N) is 1. The van der Waals surface area contributed by atoms with Crippen molar-refractivity contribution in [3.63, 3.8) is 0 Å². The van der Waals surface area contributed by atoms with Crippen LogP contribution < -0.4 is 16.5 Å². The third kappa shape index (κ3) is 2.91. The van der Waals surface area contributed by atoms with Gasteiger partial charge in [0.15, 0.2) is 5.82 Å². The van der Waals surface area contributed by atoms with E-state index < -0.39 is 5.82 Å². The number of hydrogen-bond acceptors (Lipinski definition) is 5. The minimum Gasteiger partial charge on any atom is -0.397 e. The van der Waals surface area contributed by atoms with Crippen molar-refractivity contribution in [3.05, 3.63) is 29.7 Å². The van der Waals surface area contributed by atoms with E-state index in [1.54, 1.807) is 11.7 Å². The van der Waals surface area contributed by atoms with Gasteiger partial charge in [0, 0.05) is 30.1 Å². The summed E-state index contributed by atoms with van der Waals surface area (Å²) in [6.45, 7) is 0.832. The van der Waals surface area contributed by atoms with E-state index >= 15 is 0 Å². The Morgan fingerprint density at radius 1 is 1.50 bits per heavy atom. The second-order valence-corrected chi connectivity index (χ2v) is 4.95. The summed E-state index contributed by atoms with van der Waals surface area (Å²) in [4.78, 5) is 0. The highest BCUT2D eigenvalue weighted by Crippen LogP contribution is 2.28. The Bertz CT molecular complexity index is 526. The fraction of sp³-hybridized carbons (Fsp3) is 0.357. The Hall–Kier alpha value is -2.08. The first kappa shape index (κ1) is 14.3. The van der Waals surface area contributed by atoms with Gasteiger partial charge in [0.1, 0.15) is 5.69 Å². The van der Waals surface area contributed by atoms with Crippen LogP contribution in [0.1, 0.15) is 24.8 Å². The van der Waals surface area contributed by atoms with Crippen LogP contribution in [0, 0.1) is 17.1 Å². The van der Waals surface area contributed by atoms with E-state index in [1.807, 2.05) is 0 Å². The SMILES string of the molecule is N=C/C(=C\NCC1CCC1)c1ccc(N)c(NO)c1F. The highest BCUT2D eigenvalue weighted by Gasteiger charge is 2.17. The lowest BCUT2D eigenvalue weighted by atomic mass is 9.85. The van der Waals surface area contributed by atoms with Crippen molar-refractivity contribution in [1.29, 1.82) is 5.41 Å². The monoisotopic (exact) mass is 278 g/mol. The Morgan fingerprint density at radius 3 is 2.80 bits per heavy atom. The number of nitrogens with one attached hydrogen (secondary N) is 3. The van der Waals surface area contributed by atoms with Gasteiger partial charge in [0.2, 0.25) is 0 Å². The van der Waals surface area contributed by atoms with Crippen LogP contribution in [0.4, 0.5) is 15.8 Å². The quantitative estimate of drug-likeness (QED) is 0.314. The first-order valence-electron chi connectivity index (χ1n) is 6.59. The third-order valence-corrected chi connectivity index (χ3v) is 3.64. The van der Waals surface area contributed by atoms with Gasteiger partial charge < -0.3 is 16.5 Å².